The number of carbonyl (C=O) groups is 3. The Morgan fingerprint density at radius 3 is 2.16 bits per heavy atom. The molecule has 1 aromatic carbocycles. The van der Waals surface area contributed by atoms with Gasteiger partial charge in [-0.1, -0.05) is 41.5 Å². The maximum absolute atomic E-state index is 12.5. The summed E-state index contributed by atoms with van der Waals surface area (Å²) < 4.78 is 5.29. The molecule has 3 aliphatic rings. The summed E-state index contributed by atoms with van der Waals surface area (Å²) in [5, 5.41) is 0. The number of allylic oxidation sites excluding steroid dienone is 2. The van der Waals surface area contributed by atoms with Crippen molar-refractivity contribution in [2.24, 2.45) is 23.7 Å². The fraction of sp³-hybridized carbons (Fsp3) is 0.450. The van der Waals surface area contributed by atoms with Crippen LogP contribution in [0.15, 0.2) is 30.4 Å². The zero-order valence-corrected chi connectivity index (χ0v) is 14.4. The van der Waals surface area contributed by atoms with Crippen LogP contribution in [-0.4, -0.2) is 29.2 Å². The number of likely N-dealkylation sites (tertiary alicyclic amines) is 1. The number of benzene rings is 1. The molecule has 130 valence electrons. The SMILES string of the molecule is Cc1cc(C)cc(COC(=O)CN2C(=O)C3C4C=CC(C4)C3C2=O)c1. The van der Waals surface area contributed by atoms with Crippen LogP contribution in [0.2, 0.25) is 0 Å². The number of nitrogens with zero attached hydrogens (tertiary/aromatic N) is 1. The molecule has 1 heterocycles. The van der Waals surface area contributed by atoms with Crippen LogP contribution in [0.3, 0.4) is 0 Å². The monoisotopic (exact) mass is 339 g/mol. The number of hydrogen-bond acceptors (Lipinski definition) is 4. The Labute approximate surface area is 146 Å². The first-order valence-corrected chi connectivity index (χ1v) is 8.70. The largest absolute Gasteiger partial charge is 0.459 e. The van der Waals surface area contributed by atoms with E-state index < -0.39 is 5.97 Å². The van der Waals surface area contributed by atoms with Crippen molar-refractivity contribution in [2.75, 3.05) is 6.54 Å². The lowest BCUT2D eigenvalue weighted by molar-refractivity contribution is -0.154. The van der Waals surface area contributed by atoms with Gasteiger partial charge in [-0.25, -0.2) is 0 Å². The van der Waals surface area contributed by atoms with E-state index in [2.05, 4.69) is 0 Å². The molecule has 4 rings (SSSR count). The van der Waals surface area contributed by atoms with Crippen molar-refractivity contribution in [3.05, 3.63) is 47.0 Å². The van der Waals surface area contributed by atoms with E-state index in [0.29, 0.717) is 0 Å². The molecule has 2 bridgehead atoms. The molecule has 2 fully saturated rings. The van der Waals surface area contributed by atoms with Gasteiger partial charge in [0.1, 0.15) is 13.2 Å². The molecular formula is C20H21NO4. The second-order valence-corrected chi connectivity index (χ2v) is 7.42. The Hall–Kier alpha value is -2.43. The van der Waals surface area contributed by atoms with E-state index >= 15 is 0 Å². The summed E-state index contributed by atoms with van der Waals surface area (Å²) in [6.07, 6.45) is 4.97. The Balaban J connectivity index is 1.38. The number of aryl methyl sites for hydroxylation is 2. The molecule has 1 aromatic rings. The van der Waals surface area contributed by atoms with E-state index in [1.165, 1.54) is 0 Å². The van der Waals surface area contributed by atoms with Crippen LogP contribution in [0.25, 0.3) is 0 Å². The molecule has 1 aliphatic heterocycles. The minimum Gasteiger partial charge on any atom is -0.459 e. The van der Waals surface area contributed by atoms with Gasteiger partial charge in [-0.3, -0.25) is 19.3 Å². The second kappa shape index (κ2) is 5.83. The normalized spacial score (nSPS) is 29.4. The van der Waals surface area contributed by atoms with E-state index in [-0.39, 0.29) is 48.6 Å². The first-order valence-electron chi connectivity index (χ1n) is 8.70. The van der Waals surface area contributed by atoms with Crippen LogP contribution in [0.4, 0.5) is 0 Å². The maximum atomic E-state index is 12.5. The van der Waals surface area contributed by atoms with E-state index in [4.69, 9.17) is 4.74 Å². The van der Waals surface area contributed by atoms with Gasteiger partial charge in [0.05, 0.1) is 11.8 Å². The number of hydrogen-bond donors (Lipinski definition) is 0. The first-order chi connectivity index (χ1) is 11.9. The predicted octanol–water partition coefficient (Wildman–Crippen LogP) is 2.15. The molecule has 1 saturated heterocycles. The molecule has 4 atom stereocenters. The van der Waals surface area contributed by atoms with Crippen LogP contribution in [0, 0.1) is 37.5 Å². The highest BCUT2D eigenvalue weighted by Crippen LogP contribution is 2.52. The third-order valence-electron chi connectivity index (χ3n) is 5.53. The summed E-state index contributed by atoms with van der Waals surface area (Å²) in [5.41, 5.74) is 3.11. The third kappa shape index (κ3) is 2.68. The quantitative estimate of drug-likeness (QED) is 0.479. The number of rotatable bonds is 4. The second-order valence-electron chi connectivity index (χ2n) is 7.42. The van der Waals surface area contributed by atoms with Crippen molar-refractivity contribution in [3.8, 4) is 0 Å². The van der Waals surface area contributed by atoms with Crippen molar-refractivity contribution >= 4 is 17.8 Å². The van der Waals surface area contributed by atoms with Crippen molar-refractivity contribution in [2.45, 2.75) is 26.9 Å². The van der Waals surface area contributed by atoms with Crippen LogP contribution in [0.1, 0.15) is 23.1 Å². The zero-order valence-electron chi connectivity index (χ0n) is 14.4. The molecule has 0 radical (unpaired) electrons. The zero-order chi connectivity index (χ0) is 17.7. The van der Waals surface area contributed by atoms with Crippen LogP contribution in [0.5, 0.6) is 0 Å². The summed E-state index contributed by atoms with van der Waals surface area (Å²) >= 11 is 0. The van der Waals surface area contributed by atoms with Crippen molar-refractivity contribution < 1.29 is 19.1 Å². The van der Waals surface area contributed by atoms with E-state index in [1.807, 2.05) is 44.2 Å². The molecule has 2 amide bonds. The maximum Gasteiger partial charge on any atom is 0.326 e. The van der Waals surface area contributed by atoms with Gasteiger partial charge in [-0.15, -0.1) is 0 Å². The molecule has 0 N–H and O–H groups in total. The van der Waals surface area contributed by atoms with Crippen molar-refractivity contribution in [3.63, 3.8) is 0 Å². The molecule has 2 aliphatic carbocycles. The molecule has 0 aromatic heterocycles. The number of amides is 2. The van der Waals surface area contributed by atoms with E-state index in [1.54, 1.807) is 0 Å². The molecule has 5 heteroatoms. The highest BCUT2D eigenvalue weighted by Gasteiger charge is 2.59. The highest BCUT2D eigenvalue weighted by atomic mass is 16.5. The van der Waals surface area contributed by atoms with Gasteiger partial charge in [-0.05, 0) is 37.7 Å². The molecular weight excluding hydrogens is 318 g/mol. The van der Waals surface area contributed by atoms with Gasteiger partial charge in [0.15, 0.2) is 0 Å². The van der Waals surface area contributed by atoms with Crippen LogP contribution >= 0.6 is 0 Å². The fourth-order valence-electron chi connectivity index (χ4n) is 4.61. The van der Waals surface area contributed by atoms with Crippen LogP contribution in [-0.2, 0) is 25.7 Å². The number of fused-ring (bicyclic) bond motifs is 5. The van der Waals surface area contributed by atoms with Crippen LogP contribution < -0.4 is 0 Å². The van der Waals surface area contributed by atoms with E-state index in [0.717, 1.165) is 28.0 Å². The molecule has 4 unspecified atom stereocenters. The van der Waals surface area contributed by atoms with Gasteiger partial charge >= 0.3 is 5.97 Å². The lowest BCUT2D eigenvalue weighted by Gasteiger charge is -2.16. The lowest BCUT2D eigenvalue weighted by atomic mass is 9.85. The minimum atomic E-state index is -0.541. The molecule has 5 nitrogen and oxygen atoms in total. The third-order valence-corrected chi connectivity index (χ3v) is 5.53. The first kappa shape index (κ1) is 16.1. The van der Waals surface area contributed by atoms with Crippen molar-refractivity contribution in [1.82, 2.24) is 4.90 Å². The Bertz CT molecular complexity index is 747. The average molecular weight is 339 g/mol. The summed E-state index contributed by atoms with van der Waals surface area (Å²) in [6, 6.07) is 5.97. The Morgan fingerprint density at radius 1 is 1.04 bits per heavy atom. The standard InChI is InChI=1S/C20H21NO4/c1-11-5-12(2)7-13(6-11)10-25-16(22)9-21-19(23)17-14-3-4-15(8-14)18(17)20(21)24/h3-7,14-15,17-18H,8-10H2,1-2H3. The summed E-state index contributed by atoms with van der Waals surface area (Å²) in [5.74, 6) is -1.19. The fourth-order valence-corrected chi connectivity index (χ4v) is 4.61. The minimum absolute atomic E-state index is 0.150. The Kier molecular flexibility index (Phi) is 3.74. The molecule has 25 heavy (non-hydrogen) atoms. The van der Waals surface area contributed by atoms with Crippen molar-refractivity contribution in [1.29, 1.82) is 0 Å². The Morgan fingerprint density at radius 2 is 1.60 bits per heavy atom. The topological polar surface area (TPSA) is 63.7 Å². The van der Waals surface area contributed by atoms with Gasteiger partial charge < -0.3 is 4.74 Å². The smallest absolute Gasteiger partial charge is 0.326 e. The number of ether oxygens (including phenoxy) is 1. The number of carbonyl (C=O) groups excluding carboxylic acids is 3. The summed E-state index contributed by atoms with van der Waals surface area (Å²) in [4.78, 5) is 38.3. The van der Waals surface area contributed by atoms with Gasteiger partial charge in [0.2, 0.25) is 11.8 Å². The van der Waals surface area contributed by atoms with Gasteiger partial charge in [0, 0.05) is 0 Å². The van der Waals surface area contributed by atoms with E-state index in [9.17, 15) is 14.4 Å². The molecule has 1 saturated carbocycles. The lowest BCUT2D eigenvalue weighted by Crippen LogP contribution is -2.37. The summed E-state index contributed by atoms with van der Waals surface area (Å²) in [6.45, 7) is 3.84. The highest BCUT2D eigenvalue weighted by molar-refractivity contribution is 6.08. The number of esters is 1. The number of imide groups is 1. The van der Waals surface area contributed by atoms with Gasteiger partial charge in [0.25, 0.3) is 0 Å². The molecule has 0 spiro atoms. The average Bonchev–Trinajstić information content (AvgIpc) is 3.22. The predicted molar refractivity (Wildman–Crippen MR) is 90.1 cm³/mol. The van der Waals surface area contributed by atoms with Gasteiger partial charge in [-0.2, -0.15) is 0 Å². The summed E-state index contributed by atoms with van der Waals surface area (Å²) in [7, 11) is 0.